The summed E-state index contributed by atoms with van der Waals surface area (Å²) in [4.78, 5) is 16.4. The van der Waals surface area contributed by atoms with Gasteiger partial charge in [-0.2, -0.15) is 15.0 Å². The van der Waals surface area contributed by atoms with Gasteiger partial charge in [-0.25, -0.2) is 5.84 Å². The number of nitrogens with one attached hydrogen (secondary N) is 2. The van der Waals surface area contributed by atoms with Gasteiger partial charge >= 0.3 is 6.01 Å². The van der Waals surface area contributed by atoms with Crippen molar-refractivity contribution in [3.63, 3.8) is 0 Å². The van der Waals surface area contributed by atoms with Gasteiger partial charge in [0.2, 0.25) is 11.9 Å². The van der Waals surface area contributed by atoms with Crippen molar-refractivity contribution in [3.8, 4) is 6.01 Å². The maximum atomic E-state index is 5.45. The van der Waals surface area contributed by atoms with E-state index >= 15 is 0 Å². The maximum absolute atomic E-state index is 5.45. The van der Waals surface area contributed by atoms with Crippen molar-refractivity contribution in [3.05, 3.63) is 30.1 Å². The Morgan fingerprint density at radius 1 is 1.24 bits per heavy atom. The summed E-state index contributed by atoms with van der Waals surface area (Å²) in [7, 11) is 0. The molecule has 0 atom stereocenters. The summed E-state index contributed by atoms with van der Waals surface area (Å²) < 4.78 is 5.45. The summed E-state index contributed by atoms with van der Waals surface area (Å²) in [5.41, 5.74) is 3.53. The average Bonchev–Trinajstić information content (AvgIpc) is 2.47. The first-order chi connectivity index (χ1) is 10.2. The summed E-state index contributed by atoms with van der Waals surface area (Å²) in [6.45, 7) is 4.46. The van der Waals surface area contributed by atoms with Crippen LogP contribution in [0, 0.1) is 0 Å². The number of anilines is 2. The normalized spacial score (nSPS) is 10.5. The van der Waals surface area contributed by atoms with Crippen LogP contribution in [0.2, 0.25) is 0 Å². The molecule has 0 spiro atoms. The van der Waals surface area contributed by atoms with Crippen LogP contribution in [-0.4, -0.2) is 32.6 Å². The van der Waals surface area contributed by atoms with Crippen LogP contribution >= 0.6 is 0 Å². The zero-order chi connectivity index (χ0) is 15.1. The van der Waals surface area contributed by atoms with Crippen LogP contribution in [0.4, 0.5) is 11.9 Å². The SMILES string of the molecule is CC(C)Oc1nc(NN)nc(NCCc2cccnc2)n1. The fourth-order valence-electron chi connectivity index (χ4n) is 1.63. The molecule has 2 aromatic heterocycles. The zero-order valence-electron chi connectivity index (χ0n) is 12.1. The number of pyridine rings is 1. The molecule has 4 N–H and O–H groups in total. The Morgan fingerprint density at radius 3 is 2.71 bits per heavy atom. The molecule has 8 heteroatoms. The first-order valence-electron chi connectivity index (χ1n) is 6.69. The summed E-state index contributed by atoms with van der Waals surface area (Å²) >= 11 is 0. The molecule has 2 heterocycles. The first-order valence-corrected chi connectivity index (χ1v) is 6.69. The van der Waals surface area contributed by atoms with E-state index in [9.17, 15) is 0 Å². The van der Waals surface area contributed by atoms with E-state index in [2.05, 4.69) is 30.7 Å². The molecule has 0 aliphatic carbocycles. The van der Waals surface area contributed by atoms with E-state index in [1.807, 2.05) is 32.2 Å². The molecular weight excluding hydrogens is 270 g/mol. The highest BCUT2D eigenvalue weighted by Crippen LogP contribution is 2.11. The van der Waals surface area contributed by atoms with Gasteiger partial charge in [0.15, 0.2) is 0 Å². The van der Waals surface area contributed by atoms with Crippen LogP contribution in [0.15, 0.2) is 24.5 Å². The van der Waals surface area contributed by atoms with Crippen LogP contribution in [0.25, 0.3) is 0 Å². The monoisotopic (exact) mass is 289 g/mol. The van der Waals surface area contributed by atoms with Crippen molar-refractivity contribution < 1.29 is 4.74 Å². The molecule has 8 nitrogen and oxygen atoms in total. The van der Waals surface area contributed by atoms with E-state index in [0.29, 0.717) is 12.5 Å². The van der Waals surface area contributed by atoms with Crippen LogP contribution in [0.1, 0.15) is 19.4 Å². The molecule has 2 rings (SSSR count). The van der Waals surface area contributed by atoms with Gasteiger partial charge in [-0.15, -0.1) is 0 Å². The second-order valence-corrected chi connectivity index (χ2v) is 4.61. The summed E-state index contributed by atoms with van der Waals surface area (Å²) in [5.74, 6) is 6.01. The van der Waals surface area contributed by atoms with Gasteiger partial charge in [-0.1, -0.05) is 6.07 Å². The number of nitrogen functional groups attached to an aromatic ring is 1. The fraction of sp³-hybridized carbons (Fsp3) is 0.385. The van der Waals surface area contributed by atoms with E-state index in [-0.39, 0.29) is 18.1 Å². The standard InChI is InChI=1S/C13H19N7O/c1-9(2)21-13-18-11(17-12(19-13)20-14)16-7-5-10-4-3-6-15-8-10/h3-4,6,8-9H,5,7,14H2,1-2H3,(H2,16,17,18,19,20). The van der Waals surface area contributed by atoms with Crippen molar-refractivity contribution in [1.82, 2.24) is 19.9 Å². The Balaban J connectivity index is 1.98. The molecular formula is C13H19N7O. The van der Waals surface area contributed by atoms with Crippen LogP contribution in [-0.2, 0) is 6.42 Å². The summed E-state index contributed by atoms with van der Waals surface area (Å²) in [5, 5.41) is 3.12. The molecule has 0 unspecified atom stereocenters. The average molecular weight is 289 g/mol. The highest BCUT2D eigenvalue weighted by Gasteiger charge is 2.08. The van der Waals surface area contributed by atoms with Crippen molar-refractivity contribution in [2.75, 3.05) is 17.3 Å². The third-order valence-corrected chi connectivity index (χ3v) is 2.50. The third-order valence-electron chi connectivity index (χ3n) is 2.50. The molecule has 0 aromatic carbocycles. The zero-order valence-corrected chi connectivity index (χ0v) is 12.1. The number of hydrogen-bond donors (Lipinski definition) is 3. The molecule has 0 fully saturated rings. The lowest BCUT2D eigenvalue weighted by Crippen LogP contribution is -2.17. The topological polar surface area (TPSA) is 111 Å². The van der Waals surface area contributed by atoms with E-state index < -0.39 is 0 Å². The number of hydrogen-bond acceptors (Lipinski definition) is 8. The first kappa shape index (κ1) is 14.9. The van der Waals surface area contributed by atoms with E-state index in [0.717, 1.165) is 12.0 Å². The van der Waals surface area contributed by atoms with Gasteiger partial charge in [-0.3, -0.25) is 10.4 Å². The lowest BCUT2D eigenvalue weighted by atomic mass is 10.2. The van der Waals surface area contributed by atoms with Crippen molar-refractivity contribution in [2.45, 2.75) is 26.4 Å². The van der Waals surface area contributed by atoms with Gasteiger partial charge in [0.05, 0.1) is 6.10 Å². The van der Waals surface area contributed by atoms with E-state index in [1.54, 1.807) is 6.20 Å². The largest absolute Gasteiger partial charge is 0.461 e. The molecule has 112 valence electrons. The Hall–Kier alpha value is -2.48. The minimum absolute atomic E-state index is 0.0266. The fourth-order valence-corrected chi connectivity index (χ4v) is 1.63. The lowest BCUT2D eigenvalue weighted by Gasteiger charge is -2.11. The van der Waals surface area contributed by atoms with Crippen LogP contribution in [0.3, 0.4) is 0 Å². The van der Waals surface area contributed by atoms with Gasteiger partial charge < -0.3 is 10.1 Å². The molecule has 2 aromatic rings. The van der Waals surface area contributed by atoms with Crippen LogP contribution in [0.5, 0.6) is 6.01 Å². The second kappa shape index (κ2) is 7.34. The maximum Gasteiger partial charge on any atom is 0.323 e. The van der Waals surface area contributed by atoms with Gasteiger partial charge in [0.25, 0.3) is 0 Å². The number of nitrogens with zero attached hydrogens (tertiary/aromatic N) is 4. The molecule has 0 amide bonds. The Kier molecular flexibility index (Phi) is 5.22. The van der Waals surface area contributed by atoms with Crippen molar-refractivity contribution >= 4 is 11.9 Å². The molecule has 0 aliphatic heterocycles. The molecule has 0 aliphatic rings. The number of rotatable bonds is 7. The minimum Gasteiger partial charge on any atom is -0.461 e. The second-order valence-electron chi connectivity index (χ2n) is 4.61. The van der Waals surface area contributed by atoms with Gasteiger partial charge in [0, 0.05) is 18.9 Å². The Morgan fingerprint density at radius 2 is 2.05 bits per heavy atom. The quantitative estimate of drug-likeness (QED) is 0.511. The van der Waals surface area contributed by atoms with Gasteiger partial charge in [0.1, 0.15) is 0 Å². The highest BCUT2D eigenvalue weighted by molar-refractivity contribution is 5.35. The number of hydrazine groups is 1. The van der Waals surface area contributed by atoms with Gasteiger partial charge in [-0.05, 0) is 31.9 Å². The lowest BCUT2D eigenvalue weighted by molar-refractivity contribution is 0.222. The van der Waals surface area contributed by atoms with E-state index in [4.69, 9.17) is 10.6 Å². The number of nitrogens with two attached hydrogens (primary N) is 1. The summed E-state index contributed by atoms with van der Waals surface area (Å²) in [6.07, 6.45) is 4.36. The minimum atomic E-state index is -0.0266. The number of ether oxygens (including phenoxy) is 1. The van der Waals surface area contributed by atoms with Crippen molar-refractivity contribution in [2.24, 2.45) is 5.84 Å². The summed E-state index contributed by atoms with van der Waals surface area (Å²) in [6, 6.07) is 4.16. The van der Waals surface area contributed by atoms with E-state index in [1.165, 1.54) is 0 Å². The predicted molar refractivity (Wildman–Crippen MR) is 79.8 cm³/mol. The highest BCUT2D eigenvalue weighted by atomic mass is 16.5. The molecule has 21 heavy (non-hydrogen) atoms. The predicted octanol–water partition coefficient (Wildman–Crippen LogP) is 0.994. The Bertz CT molecular complexity index is 562. The van der Waals surface area contributed by atoms with Crippen LogP contribution < -0.4 is 21.3 Å². The molecule has 0 radical (unpaired) electrons. The number of aromatic nitrogens is 4. The Labute approximate surface area is 123 Å². The molecule has 0 saturated carbocycles. The molecule has 0 bridgehead atoms. The smallest absolute Gasteiger partial charge is 0.323 e. The molecule has 0 saturated heterocycles. The third kappa shape index (κ3) is 4.84. The van der Waals surface area contributed by atoms with Crippen molar-refractivity contribution in [1.29, 1.82) is 0 Å².